The van der Waals surface area contributed by atoms with E-state index in [1.54, 1.807) is 6.92 Å². The van der Waals surface area contributed by atoms with Crippen molar-refractivity contribution in [3.63, 3.8) is 0 Å². The summed E-state index contributed by atoms with van der Waals surface area (Å²) in [6, 6.07) is 0. The van der Waals surface area contributed by atoms with E-state index in [4.69, 9.17) is 13.7 Å². The number of carboxylic acids is 1. The van der Waals surface area contributed by atoms with Crippen LogP contribution in [0.4, 0.5) is 0 Å². The van der Waals surface area contributed by atoms with Gasteiger partial charge in [0.25, 0.3) is 0 Å². The van der Waals surface area contributed by atoms with Crippen molar-refractivity contribution in [3.8, 4) is 0 Å². The first kappa shape index (κ1) is 38.1. The molecular weight excluding hydrogens is 672 g/mol. The van der Waals surface area contributed by atoms with Crippen molar-refractivity contribution >= 4 is 22.3 Å². The topological polar surface area (TPSA) is 217 Å². The number of aliphatic hydroxyl groups is 4. The number of carbonyl (C=O) groups excluding carboxylic acids is 1. The summed E-state index contributed by atoms with van der Waals surface area (Å²) in [5.41, 5.74) is -2.57. The van der Waals surface area contributed by atoms with Crippen LogP contribution in [0.15, 0.2) is 12.2 Å². The molecule has 0 aromatic carbocycles. The average molecular weight is 729 g/mol. The summed E-state index contributed by atoms with van der Waals surface area (Å²) in [6.45, 7) is 14.1. The summed E-state index contributed by atoms with van der Waals surface area (Å²) in [5, 5.41) is 51.7. The average Bonchev–Trinajstić information content (AvgIpc) is 3.36. The van der Waals surface area contributed by atoms with E-state index in [1.165, 1.54) is 0 Å². The molecule has 284 valence electrons. The summed E-state index contributed by atoms with van der Waals surface area (Å²) in [7, 11) is -4.85. The van der Waals surface area contributed by atoms with Gasteiger partial charge in [-0.05, 0) is 124 Å². The highest BCUT2D eigenvalue weighted by atomic mass is 32.3. The van der Waals surface area contributed by atoms with Gasteiger partial charge in [0.1, 0.15) is 24.4 Å². The van der Waals surface area contributed by atoms with E-state index in [2.05, 4.69) is 27.4 Å². The number of hydrogen-bond donors (Lipinski definition) is 6. The minimum Gasteiger partial charge on any atom is -0.481 e. The zero-order valence-corrected chi connectivity index (χ0v) is 30.6. The van der Waals surface area contributed by atoms with Crippen LogP contribution in [-0.4, -0.2) is 93.9 Å². The van der Waals surface area contributed by atoms with Gasteiger partial charge in [-0.3, -0.25) is 14.1 Å². The Kier molecular flexibility index (Phi) is 9.49. The number of esters is 1. The number of ether oxygens (including phenoxy) is 2. The molecule has 6 rings (SSSR count). The monoisotopic (exact) mass is 728 g/mol. The third-order valence-corrected chi connectivity index (χ3v) is 16.5. The number of carboxylic acid groups (broad SMARTS) is 1. The van der Waals surface area contributed by atoms with Gasteiger partial charge in [0.2, 0.25) is 6.29 Å². The highest BCUT2D eigenvalue weighted by Crippen LogP contribution is 2.79. The number of fused-ring (bicyclic) bond motifs is 7. The maximum atomic E-state index is 14.6. The SMILES string of the molecule is C=C(C)[C@@H]1CC[C@]2(C(=O)O[C@@H]3O[C@H](CO)[C@@H](O)[C@H](O)[C@H]3O)CC[C@]3(C)[C@H](CC[C@@H]4[C@H]5CC[C@H](OS(=O)(=O)O)[C@@](C)(C(=O)O)[C@@H]5CC[C@]43C)[C@]12C. The lowest BCUT2D eigenvalue weighted by molar-refractivity contribution is -0.301. The minimum atomic E-state index is -4.85. The molecule has 6 fully saturated rings. The van der Waals surface area contributed by atoms with Crippen molar-refractivity contribution in [2.45, 2.75) is 136 Å². The molecule has 0 spiro atoms. The predicted octanol–water partition coefficient (Wildman–Crippen LogP) is 3.24. The van der Waals surface area contributed by atoms with E-state index in [9.17, 15) is 48.1 Å². The standard InChI is InChI=1S/C36H56O13S/c1-18(2)20-12-14-36(31(43)48-29-28(40)27(39)26(38)23(17-37)47-29)16-15-33(4)24(35(20,36)6)9-8-21-19-7-10-25(49-50(44,45)46)34(5,30(41)42)22(19)11-13-32(21,33)3/h19-29,37-40H,1,7-17H2,2-6H3,(H,41,42)(H,44,45,46)/t19-,20+,21-,22-,23-,24+,25+,26-,27+,28-,29+,32-,33-,34+,35+,36-/m1/s1. The summed E-state index contributed by atoms with van der Waals surface area (Å²) < 4.78 is 49.6. The molecule has 50 heavy (non-hydrogen) atoms. The molecule has 13 nitrogen and oxygen atoms in total. The smallest absolute Gasteiger partial charge is 0.397 e. The quantitative estimate of drug-likeness (QED) is 0.126. The Hall–Kier alpha value is -1.65. The molecule has 0 amide bonds. The molecule has 5 aliphatic carbocycles. The van der Waals surface area contributed by atoms with Crippen LogP contribution in [0.2, 0.25) is 0 Å². The zero-order chi connectivity index (χ0) is 37.0. The van der Waals surface area contributed by atoms with Gasteiger partial charge in [-0.2, -0.15) is 8.42 Å². The molecule has 0 bridgehead atoms. The second-order valence-electron chi connectivity index (χ2n) is 17.5. The molecule has 6 N–H and O–H groups in total. The molecule has 0 radical (unpaired) electrons. The molecule has 0 aromatic rings. The molecule has 0 aromatic heterocycles. The van der Waals surface area contributed by atoms with Gasteiger partial charge >= 0.3 is 22.3 Å². The Morgan fingerprint density at radius 2 is 1.54 bits per heavy atom. The van der Waals surface area contributed by atoms with Crippen molar-refractivity contribution in [3.05, 3.63) is 12.2 Å². The van der Waals surface area contributed by atoms with Crippen molar-refractivity contribution in [2.24, 2.45) is 56.7 Å². The van der Waals surface area contributed by atoms with Crippen LogP contribution >= 0.6 is 0 Å². The Balaban J connectivity index is 1.33. The molecular formula is C36H56O13S. The maximum absolute atomic E-state index is 14.6. The largest absolute Gasteiger partial charge is 0.481 e. The van der Waals surface area contributed by atoms with E-state index >= 15 is 0 Å². The molecule has 1 heterocycles. The number of rotatable bonds is 7. The molecule has 5 saturated carbocycles. The lowest BCUT2D eigenvalue weighted by Gasteiger charge is -2.72. The van der Waals surface area contributed by atoms with E-state index in [0.29, 0.717) is 38.5 Å². The molecule has 16 atom stereocenters. The zero-order valence-electron chi connectivity index (χ0n) is 29.8. The van der Waals surface area contributed by atoms with Gasteiger partial charge in [0.05, 0.1) is 23.5 Å². The molecule has 14 heteroatoms. The van der Waals surface area contributed by atoms with Crippen LogP contribution in [0.1, 0.15) is 98.8 Å². The van der Waals surface area contributed by atoms with Gasteiger partial charge in [0.15, 0.2) is 0 Å². The van der Waals surface area contributed by atoms with Gasteiger partial charge < -0.3 is 35.0 Å². The van der Waals surface area contributed by atoms with Crippen LogP contribution in [-0.2, 0) is 33.6 Å². The summed E-state index contributed by atoms with van der Waals surface area (Å²) in [6.07, 6.45) is -2.81. The number of aliphatic carboxylic acids is 1. The number of carbonyl (C=O) groups is 2. The highest BCUT2D eigenvalue weighted by Gasteiger charge is 2.75. The second-order valence-corrected chi connectivity index (χ2v) is 18.5. The van der Waals surface area contributed by atoms with Crippen molar-refractivity contribution in [1.29, 1.82) is 0 Å². The first-order valence-corrected chi connectivity index (χ1v) is 19.6. The third-order valence-electron chi connectivity index (χ3n) is 16.0. The second kappa shape index (κ2) is 12.5. The van der Waals surface area contributed by atoms with Crippen LogP contribution in [0.3, 0.4) is 0 Å². The van der Waals surface area contributed by atoms with E-state index < -0.39 is 82.0 Å². The van der Waals surface area contributed by atoms with Gasteiger partial charge in [-0.1, -0.05) is 32.9 Å². The maximum Gasteiger partial charge on any atom is 0.397 e. The molecule has 0 unspecified atom stereocenters. The van der Waals surface area contributed by atoms with Crippen LogP contribution < -0.4 is 0 Å². The third kappa shape index (κ3) is 5.13. The van der Waals surface area contributed by atoms with Crippen molar-refractivity contribution in [2.75, 3.05) is 6.61 Å². The van der Waals surface area contributed by atoms with E-state index in [1.807, 2.05) is 6.92 Å². The Morgan fingerprint density at radius 1 is 0.860 bits per heavy atom. The lowest BCUT2D eigenvalue weighted by Crippen LogP contribution is -2.68. The fourth-order valence-electron chi connectivity index (χ4n) is 13.3. The van der Waals surface area contributed by atoms with Gasteiger partial charge in [-0.25, -0.2) is 4.18 Å². The normalized spacial score (nSPS) is 51.8. The molecule has 1 aliphatic heterocycles. The number of allylic oxidation sites excluding steroid dienone is 1. The summed E-state index contributed by atoms with van der Waals surface area (Å²) in [4.78, 5) is 27.5. The number of aliphatic hydroxyl groups excluding tert-OH is 4. The van der Waals surface area contributed by atoms with Crippen LogP contribution in [0, 0.1) is 56.7 Å². The van der Waals surface area contributed by atoms with Crippen LogP contribution in [0.25, 0.3) is 0 Å². The van der Waals surface area contributed by atoms with Crippen LogP contribution in [0.5, 0.6) is 0 Å². The van der Waals surface area contributed by atoms with Crippen molar-refractivity contribution in [1.82, 2.24) is 0 Å². The summed E-state index contributed by atoms with van der Waals surface area (Å²) >= 11 is 0. The summed E-state index contributed by atoms with van der Waals surface area (Å²) in [5.74, 6) is -1.81. The van der Waals surface area contributed by atoms with E-state index in [0.717, 1.165) is 24.8 Å². The first-order valence-electron chi connectivity index (χ1n) is 18.2. The lowest BCUT2D eigenvalue weighted by atomic mass is 9.32. The predicted molar refractivity (Wildman–Crippen MR) is 177 cm³/mol. The molecule has 6 aliphatic rings. The highest BCUT2D eigenvalue weighted by molar-refractivity contribution is 7.80. The fourth-order valence-corrected chi connectivity index (χ4v) is 13.8. The first-order chi connectivity index (χ1) is 23.1. The van der Waals surface area contributed by atoms with Gasteiger partial charge in [0, 0.05) is 0 Å². The minimum absolute atomic E-state index is 0.00466. The Bertz CT molecular complexity index is 1500. The fraction of sp³-hybridized carbons (Fsp3) is 0.889. The number of hydrogen-bond acceptors (Lipinski definition) is 11. The molecule has 1 saturated heterocycles. The van der Waals surface area contributed by atoms with E-state index in [-0.39, 0.29) is 46.8 Å². The Labute approximate surface area is 294 Å². The Morgan fingerprint density at radius 3 is 2.14 bits per heavy atom. The van der Waals surface area contributed by atoms with Crippen molar-refractivity contribution < 1.29 is 61.7 Å². The van der Waals surface area contributed by atoms with Gasteiger partial charge in [-0.15, -0.1) is 0 Å².